The molecule has 2 N–H and O–H groups in total. The Labute approximate surface area is 227 Å². The number of carbonyl (C=O) groups is 1. The molecule has 1 saturated heterocycles. The molecule has 1 aliphatic heterocycles. The van der Waals surface area contributed by atoms with Gasteiger partial charge in [-0.3, -0.25) is 9.36 Å². The number of anilines is 1. The molecule has 2 rings (SSSR count). The van der Waals surface area contributed by atoms with Crippen molar-refractivity contribution >= 4 is 11.7 Å². The number of hydrogen-bond acceptors (Lipinski definition) is 5. The summed E-state index contributed by atoms with van der Waals surface area (Å²) in [4.78, 5) is 28.4. The topological polar surface area (TPSA) is 93.5 Å². The van der Waals surface area contributed by atoms with Gasteiger partial charge >= 0.3 is 5.69 Å². The van der Waals surface area contributed by atoms with Crippen LogP contribution in [0.4, 0.5) is 5.82 Å². The standard InChI is InChI=1S/C31H43N3O4/c1-2-3-4-5-6-7-8-9-10-11-12-13-14-15-16-17-18-19-20-21-29(36)32-28-24-25-34(31(37)33-28)30-23-22-27(26-35)38-30/h3-4,6-7,9-10,12-13,15-16,18-19,24-25,27,30,35H,2,5,8,11,14,17,20-23,26H2,1H3,(H,32,33,36,37)/b4-3-,7-6-,10-9-,13-12-,16-15-,19-18-/t27-,30-/m0/s1. The maximum Gasteiger partial charge on any atom is 0.351 e. The van der Waals surface area contributed by atoms with Crippen LogP contribution in [0.25, 0.3) is 0 Å². The molecular weight excluding hydrogens is 478 g/mol. The second-order valence-electron chi connectivity index (χ2n) is 8.98. The van der Waals surface area contributed by atoms with Crippen LogP contribution < -0.4 is 11.0 Å². The molecule has 0 saturated carbocycles. The predicted molar refractivity (Wildman–Crippen MR) is 155 cm³/mol. The molecule has 38 heavy (non-hydrogen) atoms. The zero-order valence-electron chi connectivity index (χ0n) is 22.6. The molecule has 0 radical (unpaired) electrons. The third-order valence-electron chi connectivity index (χ3n) is 5.83. The van der Waals surface area contributed by atoms with Crippen LogP contribution in [0.3, 0.4) is 0 Å². The van der Waals surface area contributed by atoms with Crippen molar-refractivity contribution in [3.05, 3.63) is 95.7 Å². The SMILES string of the molecule is CC/C=C\C/C=C\C/C=C\C/C=C\C/C=C\C/C=C\CCC(=O)Nc1ccn([C@@H]2CC[C@@H](CO)O2)c(=O)n1. The zero-order valence-corrected chi connectivity index (χ0v) is 22.6. The molecule has 1 amide bonds. The van der Waals surface area contributed by atoms with E-state index in [2.05, 4.69) is 78.0 Å². The quantitative estimate of drug-likeness (QED) is 0.234. The molecule has 0 aliphatic carbocycles. The van der Waals surface area contributed by atoms with Gasteiger partial charge in [0, 0.05) is 12.6 Å². The molecule has 2 atom stereocenters. The Morgan fingerprint density at radius 2 is 1.50 bits per heavy atom. The second-order valence-corrected chi connectivity index (χ2v) is 8.98. The summed E-state index contributed by atoms with van der Waals surface area (Å²) < 4.78 is 7.00. The maximum absolute atomic E-state index is 12.3. The van der Waals surface area contributed by atoms with E-state index in [1.807, 2.05) is 12.2 Å². The summed E-state index contributed by atoms with van der Waals surface area (Å²) in [7, 11) is 0. The van der Waals surface area contributed by atoms with Gasteiger partial charge in [-0.05, 0) is 63.9 Å². The summed E-state index contributed by atoms with van der Waals surface area (Å²) in [6.45, 7) is 2.08. The highest BCUT2D eigenvalue weighted by atomic mass is 16.5. The minimum Gasteiger partial charge on any atom is -0.394 e. The highest BCUT2D eigenvalue weighted by Gasteiger charge is 2.26. The molecular formula is C31H43N3O4. The molecule has 7 nitrogen and oxygen atoms in total. The summed E-state index contributed by atoms with van der Waals surface area (Å²) in [5.41, 5.74) is -0.483. The van der Waals surface area contributed by atoms with Crippen LogP contribution in [0.15, 0.2) is 90.0 Å². The number of carbonyl (C=O) groups excluding carboxylic acids is 1. The van der Waals surface area contributed by atoms with Gasteiger partial charge in [0.05, 0.1) is 12.7 Å². The van der Waals surface area contributed by atoms with Gasteiger partial charge in [0.1, 0.15) is 12.0 Å². The largest absolute Gasteiger partial charge is 0.394 e. The van der Waals surface area contributed by atoms with E-state index in [-0.39, 0.29) is 24.4 Å². The van der Waals surface area contributed by atoms with Gasteiger partial charge in [-0.2, -0.15) is 4.98 Å². The van der Waals surface area contributed by atoms with Crippen molar-refractivity contribution in [3.8, 4) is 0 Å². The number of nitrogens with one attached hydrogen (secondary N) is 1. The van der Waals surface area contributed by atoms with E-state index in [1.165, 1.54) is 4.57 Å². The van der Waals surface area contributed by atoms with E-state index >= 15 is 0 Å². The van der Waals surface area contributed by atoms with Crippen LogP contribution in [-0.2, 0) is 9.53 Å². The first kappa shape index (κ1) is 30.9. The molecule has 1 fully saturated rings. The molecule has 0 aromatic carbocycles. The van der Waals surface area contributed by atoms with E-state index in [4.69, 9.17) is 4.74 Å². The summed E-state index contributed by atoms with van der Waals surface area (Å²) in [6, 6.07) is 1.59. The van der Waals surface area contributed by atoms with Crippen molar-refractivity contribution in [2.24, 2.45) is 0 Å². The maximum atomic E-state index is 12.3. The Morgan fingerprint density at radius 3 is 2.00 bits per heavy atom. The van der Waals surface area contributed by atoms with Crippen LogP contribution in [0.1, 0.15) is 77.4 Å². The van der Waals surface area contributed by atoms with Gasteiger partial charge in [-0.1, -0.05) is 79.8 Å². The molecule has 1 aliphatic rings. The molecule has 0 spiro atoms. The molecule has 0 bridgehead atoms. The van der Waals surface area contributed by atoms with Crippen LogP contribution in [0.2, 0.25) is 0 Å². The minimum atomic E-state index is -0.483. The number of aliphatic hydroxyl groups is 1. The van der Waals surface area contributed by atoms with Crippen LogP contribution in [0, 0.1) is 0 Å². The van der Waals surface area contributed by atoms with E-state index in [0.29, 0.717) is 25.7 Å². The number of ether oxygens (including phenoxy) is 1. The normalized spacial score (nSPS) is 18.5. The summed E-state index contributed by atoms with van der Waals surface area (Å²) in [5, 5.41) is 11.8. The van der Waals surface area contributed by atoms with Gasteiger partial charge in [0.25, 0.3) is 0 Å². The van der Waals surface area contributed by atoms with E-state index in [1.54, 1.807) is 12.3 Å². The van der Waals surface area contributed by atoms with Crippen molar-refractivity contribution in [1.29, 1.82) is 0 Å². The Morgan fingerprint density at radius 1 is 0.947 bits per heavy atom. The fraction of sp³-hybridized carbons (Fsp3) is 0.452. The Hall–Kier alpha value is -3.29. The van der Waals surface area contributed by atoms with E-state index < -0.39 is 11.9 Å². The van der Waals surface area contributed by atoms with Gasteiger partial charge < -0.3 is 15.2 Å². The Bertz CT molecular complexity index is 1050. The lowest BCUT2D eigenvalue weighted by atomic mass is 10.2. The minimum absolute atomic E-state index is 0.0659. The summed E-state index contributed by atoms with van der Waals surface area (Å²) in [6.07, 6.45) is 34.7. The molecule has 7 heteroatoms. The first-order valence-corrected chi connectivity index (χ1v) is 13.7. The van der Waals surface area contributed by atoms with Gasteiger partial charge in [-0.15, -0.1) is 0 Å². The highest BCUT2D eigenvalue weighted by molar-refractivity contribution is 5.89. The molecule has 1 aromatic rings. The number of rotatable bonds is 17. The molecule has 0 unspecified atom stereocenters. The van der Waals surface area contributed by atoms with Crippen LogP contribution in [0.5, 0.6) is 0 Å². The number of amides is 1. The number of aromatic nitrogens is 2. The molecule has 206 valence electrons. The molecule has 2 heterocycles. The predicted octanol–water partition coefficient (Wildman–Crippen LogP) is 6.33. The van der Waals surface area contributed by atoms with Gasteiger partial charge in [-0.25, -0.2) is 4.79 Å². The van der Waals surface area contributed by atoms with Crippen molar-refractivity contribution in [2.75, 3.05) is 11.9 Å². The van der Waals surface area contributed by atoms with Crippen molar-refractivity contribution in [3.63, 3.8) is 0 Å². The fourth-order valence-electron chi connectivity index (χ4n) is 3.79. The number of aliphatic hydroxyl groups excluding tert-OH is 1. The average molecular weight is 522 g/mol. The monoisotopic (exact) mass is 521 g/mol. The third-order valence-corrected chi connectivity index (χ3v) is 5.83. The lowest BCUT2D eigenvalue weighted by Crippen LogP contribution is -2.28. The number of hydrogen-bond donors (Lipinski definition) is 2. The summed E-state index contributed by atoms with van der Waals surface area (Å²) >= 11 is 0. The van der Waals surface area contributed by atoms with Crippen LogP contribution >= 0.6 is 0 Å². The number of allylic oxidation sites excluding steroid dienone is 12. The Kier molecular flexibility index (Phi) is 16.1. The third kappa shape index (κ3) is 13.3. The van der Waals surface area contributed by atoms with Crippen molar-refractivity contribution in [2.45, 2.75) is 83.5 Å². The molecule has 1 aromatic heterocycles. The second kappa shape index (κ2) is 19.8. The van der Waals surface area contributed by atoms with Crippen LogP contribution in [-0.4, -0.2) is 33.3 Å². The first-order chi connectivity index (χ1) is 18.6. The smallest absolute Gasteiger partial charge is 0.351 e. The zero-order chi connectivity index (χ0) is 27.3. The fourth-order valence-corrected chi connectivity index (χ4v) is 3.79. The lowest BCUT2D eigenvalue weighted by molar-refractivity contribution is -0.116. The van der Waals surface area contributed by atoms with Crippen molar-refractivity contribution in [1.82, 2.24) is 9.55 Å². The van der Waals surface area contributed by atoms with E-state index in [9.17, 15) is 14.7 Å². The lowest BCUT2D eigenvalue weighted by Gasteiger charge is -2.14. The Balaban J connectivity index is 1.53. The first-order valence-electron chi connectivity index (χ1n) is 13.7. The highest BCUT2D eigenvalue weighted by Crippen LogP contribution is 2.26. The summed E-state index contributed by atoms with van der Waals surface area (Å²) in [5.74, 6) is 0.0438. The van der Waals surface area contributed by atoms with Gasteiger partial charge in [0.15, 0.2) is 0 Å². The average Bonchev–Trinajstić information content (AvgIpc) is 3.39. The van der Waals surface area contributed by atoms with Crippen molar-refractivity contribution < 1.29 is 14.6 Å². The van der Waals surface area contributed by atoms with E-state index in [0.717, 1.165) is 38.5 Å². The number of nitrogens with zero attached hydrogens (tertiary/aromatic N) is 2. The van der Waals surface area contributed by atoms with Gasteiger partial charge in [0.2, 0.25) is 5.91 Å².